The Kier molecular flexibility index (Phi) is 6.54. The van der Waals surface area contributed by atoms with E-state index in [1.165, 1.54) is 0 Å². The van der Waals surface area contributed by atoms with Crippen molar-refractivity contribution in [1.82, 2.24) is 19.9 Å². The van der Waals surface area contributed by atoms with Gasteiger partial charge in [-0.15, -0.1) is 0 Å². The monoisotopic (exact) mass is 452 g/mol. The van der Waals surface area contributed by atoms with Gasteiger partial charge in [-0.1, -0.05) is 66.5 Å². The lowest BCUT2D eigenvalue weighted by Gasteiger charge is -2.20. The molecule has 0 bridgehead atoms. The molecule has 2 heterocycles. The van der Waals surface area contributed by atoms with Crippen LogP contribution >= 0.6 is 23.2 Å². The van der Waals surface area contributed by atoms with E-state index in [-0.39, 0.29) is 5.91 Å². The molecular formula is C24H22Cl2N4O. The minimum absolute atomic E-state index is 0.0900. The van der Waals surface area contributed by atoms with Crippen molar-refractivity contribution in [1.29, 1.82) is 0 Å². The first-order valence-electron chi connectivity index (χ1n) is 10.1. The first-order chi connectivity index (χ1) is 15.1. The lowest BCUT2D eigenvalue weighted by atomic mass is 10.1. The molecule has 4 rings (SSSR count). The molecule has 1 amide bonds. The van der Waals surface area contributed by atoms with Gasteiger partial charge in [-0.25, -0.2) is 4.98 Å². The normalized spacial score (nSPS) is 12.1. The molecule has 7 heteroatoms. The van der Waals surface area contributed by atoms with Crippen LogP contribution in [0.15, 0.2) is 66.9 Å². The number of benzene rings is 2. The summed E-state index contributed by atoms with van der Waals surface area (Å²) in [4.78, 5) is 22.3. The number of nitrogens with one attached hydrogen (secondary N) is 1. The van der Waals surface area contributed by atoms with Crippen molar-refractivity contribution in [2.45, 2.75) is 32.4 Å². The molecule has 5 nitrogen and oxygen atoms in total. The molecule has 4 aromatic rings. The highest BCUT2D eigenvalue weighted by Crippen LogP contribution is 2.32. The van der Waals surface area contributed by atoms with Crippen molar-refractivity contribution in [3.05, 3.63) is 94.0 Å². The maximum atomic E-state index is 13.2. The van der Waals surface area contributed by atoms with E-state index in [9.17, 15) is 4.79 Å². The standard InChI is InChI=1S/C24H22Cl2N4O/c1-2-21(24(31)28-15-17-10-6-7-11-27-17)30-22-14-19(26)18(25)13-20(22)29-23(30)12-16-8-4-3-5-9-16/h3-11,13-14,21H,2,12,15H2,1H3,(H,28,31)/t21-/m0/s1. The summed E-state index contributed by atoms with van der Waals surface area (Å²) in [7, 11) is 0. The van der Waals surface area contributed by atoms with Gasteiger partial charge in [0.25, 0.3) is 0 Å². The molecule has 0 radical (unpaired) electrons. The maximum Gasteiger partial charge on any atom is 0.243 e. The number of aromatic nitrogens is 3. The Morgan fingerprint density at radius 2 is 1.81 bits per heavy atom. The smallest absolute Gasteiger partial charge is 0.243 e. The second-order valence-electron chi connectivity index (χ2n) is 7.28. The molecule has 2 aromatic carbocycles. The molecule has 0 aliphatic heterocycles. The van der Waals surface area contributed by atoms with Gasteiger partial charge in [-0.2, -0.15) is 0 Å². The maximum absolute atomic E-state index is 13.2. The van der Waals surface area contributed by atoms with E-state index < -0.39 is 6.04 Å². The number of imidazole rings is 1. The zero-order valence-electron chi connectivity index (χ0n) is 17.1. The van der Waals surface area contributed by atoms with Crippen LogP contribution in [0.25, 0.3) is 11.0 Å². The number of rotatable bonds is 7. The Morgan fingerprint density at radius 3 is 2.52 bits per heavy atom. The molecule has 0 unspecified atom stereocenters. The van der Waals surface area contributed by atoms with Crippen LogP contribution in [0, 0.1) is 0 Å². The second-order valence-corrected chi connectivity index (χ2v) is 8.09. The number of carbonyl (C=O) groups is 1. The van der Waals surface area contributed by atoms with Gasteiger partial charge < -0.3 is 9.88 Å². The summed E-state index contributed by atoms with van der Waals surface area (Å²) < 4.78 is 1.98. The van der Waals surface area contributed by atoms with Gasteiger partial charge in [0.1, 0.15) is 11.9 Å². The van der Waals surface area contributed by atoms with Gasteiger partial charge in [0, 0.05) is 12.6 Å². The van der Waals surface area contributed by atoms with Gasteiger partial charge >= 0.3 is 0 Å². The zero-order valence-corrected chi connectivity index (χ0v) is 18.6. The average Bonchev–Trinajstić information content (AvgIpc) is 3.11. The molecule has 0 aliphatic rings. The van der Waals surface area contributed by atoms with Crippen molar-refractivity contribution in [3.63, 3.8) is 0 Å². The van der Waals surface area contributed by atoms with Crippen LogP contribution < -0.4 is 5.32 Å². The van der Waals surface area contributed by atoms with Crippen LogP contribution in [-0.2, 0) is 17.8 Å². The lowest BCUT2D eigenvalue weighted by Crippen LogP contribution is -2.33. The highest BCUT2D eigenvalue weighted by atomic mass is 35.5. The highest BCUT2D eigenvalue weighted by molar-refractivity contribution is 6.42. The van der Waals surface area contributed by atoms with Crippen LogP contribution in [0.4, 0.5) is 0 Å². The molecule has 0 fully saturated rings. The van der Waals surface area contributed by atoms with Crippen LogP contribution in [0.5, 0.6) is 0 Å². The Balaban J connectivity index is 1.72. The Hall–Kier alpha value is -2.89. The van der Waals surface area contributed by atoms with E-state index in [1.807, 2.05) is 60.0 Å². The van der Waals surface area contributed by atoms with Gasteiger partial charge in [0.05, 0.1) is 33.3 Å². The average molecular weight is 453 g/mol. The summed E-state index contributed by atoms with van der Waals surface area (Å²) in [5, 5.41) is 3.89. The molecular weight excluding hydrogens is 431 g/mol. The van der Waals surface area contributed by atoms with E-state index in [4.69, 9.17) is 28.2 Å². The van der Waals surface area contributed by atoms with Crippen LogP contribution in [0.1, 0.15) is 36.5 Å². The summed E-state index contributed by atoms with van der Waals surface area (Å²) in [6.45, 7) is 2.35. The third-order valence-corrected chi connectivity index (χ3v) is 5.90. The number of halogens is 2. The van der Waals surface area contributed by atoms with Crippen molar-refractivity contribution in [2.24, 2.45) is 0 Å². The van der Waals surface area contributed by atoms with Crippen molar-refractivity contribution < 1.29 is 4.79 Å². The summed E-state index contributed by atoms with van der Waals surface area (Å²) >= 11 is 12.6. The third-order valence-electron chi connectivity index (χ3n) is 5.18. The largest absolute Gasteiger partial charge is 0.349 e. The highest BCUT2D eigenvalue weighted by Gasteiger charge is 2.25. The summed E-state index contributed by atoms with van der Waals surface area (Å²) in [5.41, 5.74) is 3.43. The fraction of sp³-hybridized carbons (Fsp3) is 0.208. The second kappa shape index (κ2) is 9.50. The number of pyridine rings is 1. The number of nitrogens with zero attached hydrogens (tertiary/aromatic N) is 3. The molecule has 2 aromatic heterocycles. The van der Waals surface area contributed by atoms with Crippen LogP contribution in [-0.4, -0.2) is 20.4 Å². The molecule has 1 atom stereocenters. The van der Waals surface area contributed by atoms with Crippen LogP contribution in [0.3, 0.4) is 0 Å². The predicted octanol–water partition coefficient (Wildman–Crippen LogP) is 5.60. The van der Waals surface area contributed by atoms with Crippen LogP contribution in [0.2, 0.25) is 10.0 Å². The lowest BCUT2D eigenvalue weighted by molar-refractivity contribution is -0.124. The van der Waals surface area contributed by atoms with Gasteiger partial charge in [-0.3, -0.25) is 9.78 Å². The van der Waals surface area contributed by atoms with E-state index in [1.54, 1.807) is 18.3 Å². The minimum atomic E-state index is -0.440. The summed E-state index contributed by atoms with van der Waals surface area (Å²) in [5.74, 6) is 0.701. The third kappa shape index (κ3) is 4.73. The molecule has 31 heavy (non-hydrogen) atoms. The Bertz CT molecular complexity index is 1190. The Labute approximate surface area is 191 Å². The Morgan fingerprint density at radius 1 is 1.06 bits per heavy atom. The van der Waals surface area contributed by atoms with Crippen molar-refractivity contribution in [2.75, 3.05) is 0 Å². The van der Waals surface area contributed by atoms with Crippen molar-refractivity contribution in [3.8, 4) is 0 Å². The topological polar surface area (TPSA) is 59.8 Å². The molecule has 0 aliphatic carbocycles. The zero-order chi connectivity index (χ0) is 21.8. The molecule has 0 spiro atoms. The fourth-order valence-electron chi connectivity index (χ4n) is 3.67. The molecule has 0 saturated carbocycles. The van der Waals surface area contributed by atoms with E-state index in [0.717, 1.165) is 28.1 Å². The minimum Gasteiger partial charge on any atom is -0.349 e. The first-order valence-corrected chi connectivity index (χ1v) is 10.9. The summed E-state index contributed by atoms with van der Waals surface area (Å²) in [6, 6.07) is 18.8. The number of fused-ring (bicyclic) bond motifs is 1. The number of hydrogen-bond donors (Lipinski definition) is 1. The fourth-order valence-corrected chi connectivity index (χ4v) is 3.99. The molecule has 0 saturated heterocycles. The quantitative estimate of drug-likeness (QED) is 0.397. The number of carbonyl (C=O) groups excluding carboxylic acids is 1. The van der Waals surface area contributed by atoms with E-state index in [2.05, 4.69) is 10.3 Å². The van der Waals surface area contributed by atoms with E-state index in [0.29, 0.717) is 29.4 Å². The van der Waals surface area contributed by atoms with Gasteiger partial charge in [-0.05, 0) is 36.2 Å². The molecule has 1 N–H and O–H groups in total. The number of amides is 1. The number of hydrogen-bond acceptors (Lipinski definition) is 3. The summed E-state index contributed by atoms with van der Waals surface area (Å²) in [6.07, 6.45) is 2.90. The predicted molar refractivity (Wildman–Crippen MR) is 124 cm³/mol. The van der Waals surface area contributed by atoms with Crippen molar-refractivity contribution >= 4 is 40.1 Å². The first kappa shape index (κ1) is 21.3. The van der Waals surface area contributed by atoms with E-state index >= 15 is 0 Å². The SMILES string of the molecule is CC[C@@H](C(=O)NCc1ccccn1)n1c(Cc2ccccc2)nc2cc(Cl)c(Cl)cc21. The van der Waals surface area contributed by atoms with Gasteiger partial charge in [0.15, 0.2) is 0 Å². The molecule has 158 valence electrons. The van der Waals surface area contributed by atoms with Gasteiger partial charge in [0.2, 0.25) is 5.91 Å².